The summed E-state index contributed by atoms with van der Waals surface area (Å²) in [5, 5.41) is 3.12. The van der Waals surface area contributed by atoms with Crippen LogP contribution < -0.4 is 10.2 Å². The molecule has 2 aromatic carbocycles. The fraction of sp³-hybridized carbons (Fsp3) is 0.400. The number of piperidine rings is 1. The maximum Gasteiger partial charge on any atom is 0.253 e. The third-order valence-electron chi connectivity index (χ3n) is 7.74. The van der Waals surface area contributed by atoms with E-state index in [1.165, 1.54) is 36.2 Å². The van der Waals surface area contributed by atoms with E-state index >= 15 is 0 Å². The number of hydrogen-bond acceptors (Lipinski definition) is 5. The van der Waals surface area contributed by atoms with E-state index in [9.17, 15) is 13.6 Å². The zero-order valence-corrected chi connectivity index (χ0v) is 22.9. The summed E-state index contributed by atoms with van der Waals surface area (Å²) in [5.41, 5.74) is 3.46. The van der Waals surface area contributed by atoms with Crippen molar-refractivity contribution < 1.29 is 13.6 Å². The lowest BCUT2D eigenvalue weighted by Gasteiger charge is -2.43. The van der Waals surface area contributed by atoms with Crippen molar-refractivity contribution in [3.05, 3.63) is 93.6 Å². The molecule has 0 spiro atoms. The lowest BCUT2D eigenvalue weighted by Crippen LogP contribution is -2.53. The molecule has 2 aliphatic rings. The van der Waals surface area contributed by atoms with E-state index in [-0.39, 0.29) is 12.5 Å². The molecule has 0 unspecified atom stereocenters. The molecule has 0 atom stereocenters. The van der Waals surface area contributed by atoms with Gasteiger partial charge >= 0.3 is 0 Å². The van der Waals surface area contributed by atoms with Crippen molar-refractivity contribution in [3.8, 4) is 0 Å². The average molecular weight is 554 g/mol. The number of carbonyl (C=O) groups excluding carboxylic acids is 1. The van der Waals surface area contributed by atoms with Crippen molar-refractivity contribution in [2.75, 3.05) is 44.2 Å². The Morgan fingerprint density at radius 2 is 1.64 bits per heavy atom. The summed E-state index contributed by atoms with van der Waals surface area (Å²) in [6.45, 7) is 9.02. The first kappa shape index (κ1) is 27.5. The quantitative estimate of drug-likeness (QED) is 0.444. The first-order chi connectivity index (χ1) is 18.9. The van der Waals surface area contributed by atoms with Gasteiger partial charge in [0.1, 0.15) is 5.82 Å². The number of pyridine rings is 1. The van der Waals surface area contributed by atoms with Crippen LogP contribution in [-0.4, -0.2) is 66.0 Å². The number of rotatable bonds is 7. The predicted molar refractivity (Wildman–Crippen MR) is 150 cm³/mol. The molecule has 3 aromatic rings. The number of piperazine rings is 1. The number of likely N-dealkylation sites (tertiary alicyclic amines) is 1. The number of benzene rings is 2. The van der Waals surface area contributed by atoms with E-state index in [0.29, 0.717) is 28.0 Å². The average Bonchev–Trinajstić information content (AvgIpc) is 2.95. The molecule has 5 rings (SSSR count). The Bertz CT molecular complexity index is 1290. The van der Waals surface area contributed by atoms with Crippen molar-refractivity contribution >= 4 is 23.3 Å². The first-order valence-corrected chi connectivity index (χ1v) is 13.9. The number of nitrogens with one attached hydrogen (secondary N) is 1. The summed E-state index contributed by atoms with van der Waals surface area (Å²) in [7, 11) is 0. The van der Waals surface area contributed by atoms with Crippen LogP contribution in [-0.2, 0) is 13.1 Å². The summed E-state index contributed by atoms with van der Waals surface area (Å²) < 4.78 is 26.5. The number of aryl methyl sites for hydroxylation is 1. The summed E-state index contributed by atoms with van der Waals surface area (Å²) >= 11 is 6.54. The van der Waals surface area contributed by atoms with Crippen molar-refractivity contribution in [2.45, 2.75) is 38.9 Å². The van der Waals surface area contributed by atoms with Gasteiger partial charge in [-0.3, -0.25) is 14.6 Å². The number of hydrogen-bond donors (Lipinski definition) is 1. The molecule has 1 amide bonds. The van der Waals surface area contributed by atoms with E-state index in [0.717, 1.165) is 57.9 Å². The van der Waals surface area contributed by atoms with Crippen molar-refractivity contribution in [2.24, 2.45) is 0 Å². The summed E-state index contributed by atoms with van der Waals surface area (Å²) in [6, 6.07) is 14.6. The van der Waals surface area contributed by atoms with Gasteiger partial charge in [0.25, 0.3) is 5.91 Å². The van der Waals surface area contributed by atoms with Gasteiger partial charge in [0.15, 0.2) is 11.6 Å². The smallest absolute Gasteiger partial charge is 0.253 e. The number of carbonyl (C=O) groups is 1. The monoisotopic (exact) mass is 553 g/mol. The van der Waals surface area contributed by atoms with Gasteiger partial charge in [-0.25, -0.2) is 13.8 Å². The molecule has 0 aliphatic carbocycles. The largest absolute Gasteiger partial charge is 0.353 e. The standard InChI is InChI=1S/C30H34ClF2N5O/c1-21-2-4-22(5-3-21)20-36-10-8-25(9-11-36)37-12-14-38(15-13-37)29-26(31)17-24(19-34-29)30(39)35-18-23-6-7-27(32)28(33)16-23/h2-7,16-17,19,25H,8-15,18,20H2,1H3,(H,35,39). The zero-order chi connectivity index (χ0) is 27.4. The van der Waals surface area contributed by atoms with Gasteiger partial charge in [0.05, 0.1) is 10.6 Å². The molecule has 2 saturated heterocycles. The maximum absolute atomic E-state index is 13.4. The van der Waals surface area contributed by atoms with Crippen LogP contribution in [0.5, 0.6) is 0 Å². The molecule has 6 nitrogen and oxygen atoms in total. The van der Waals surface area contributed by atoms with E-state index in [4.69, 9.17) is 11.6 Å². The third-order valence-corrected chi connectivity index (χ3v) is 8.01. The van der Waals surface area contributed by atoms with Crippen LogP contribution in [0.4, 0.5) is 14.6 Å². The Hall–Kier alpha value is -3.07. The zero-order valence-electron chi connectivity index (χ0n) is 22.2. The Balaban J connectivity index is 1.08. The molecule has 0 radical (unpaired) electrons. The van der Waals surface area contributed by atoms with Gasteiger partial charge in [-0.15, -0.1) is 0 Å². The van der Waals surface area contributed by atoms with Gasteiger partial charge in [0, 0.05) is 51.5 Å². The van der Waals surface area contributed by atoms with Crippen molar-refractivity contribution in [1.82, 2.24) is 20.1 Å². The van der Waals surface area contributed by atoms with Gasteiger partial charge < -0.3 is 10.2 Å². The number of anilines is 1. The molecule has 0 bridgehead atoms. The predicted octanol–water partition coefficient (Wildman–Crippen LogP) is 5.04. The SMILES string of the molecule is Cc1ccc(CN2CCC(N3CCN(c4ncc(C(=O)NCc5ccc(F)c(F)c5)cc4Cl)CC3)CC2)cc1. The Kier molecular flexibility index (Phi) is 8.75. The number of halogens is 3. The van der Waals surface area contributed by atoms with E-state index in [1.54, 1.807) is 6.07 Å². The molecule has 2 aliphatic heterocycles. The second kappa shape index (κ2) is 12.4. The molecule has 9 heteroatoms. The minimum absolute atomic E-state index is 0.0717. The molecular weight excluding hydrogens is 520 g/mol. The normalized spacial score (nSPS) is 17.4. The van der Waals surface area contributed by atoms with Crippen LogP contribution in [0.15, 0.2) is 54.7 Å². The molecule has 1 N–H and O–H groups in total. The number of nitrogens with zero attached hydrogens (tertiary/aromatic N) is 4. The highest BCUT2D eigenvalue weighted by molar-refractivity contribution is 6.33. The lowest BCUT2D eigenvalue weighted by atomic mass is 10.0. The minimum atomic E-state index is -0.945. The molecule has 3 heterocycles. The Labute approximate surface area is 233 Å². The fourth-order valence-electron chi connectivity index (χ4n) is 5.41. The number of amides is 1. The van der Waals surface area contributed by atoms with E-state index in [2.05, 4.69) is 56.2 Å². The van der Waals surface area contributed by atoms with Crippen molar-refractivity contribution in [3.63, 3.8) is 0 Å². The summed E-state index contributed by atoms with van der Waals surface area (Å²) in [5.74, 6) is -1.56. The second-order valence-electron chi connectivity index (χ2n) is 10.5. The van der Waals surface area contributed by atoms with Gasteiger partial charge in [-0.1, -0.05) is 47.5 Å². The van der Waals surface area contributed by atoms with Crippen LogP contribution >= 0.6 is 11.6 Å². The van der Waals surface area contributed by atoms with Crippen LogP contribution in [0.2, 0.25) is 5.02 Å². The Morgan fingerprint density at radius 1 is 0.949 bits per heavy atom. The first-order valence-electron chi connectivity index (χ1n) is 13.5. The van der Waals surface area contributed by atoms with Gasteiger partial charge in [-0.05, 0) is 62.2 Å². The fourth-order valence-corrected chi connectivity index (χ4v) is 5.70. The highest BCUT2D eigenvalue weighted by Gasteiger charge is 2.28. The topological polar surface area (TPSA) is 51.7 Å². The Morgan fingerprint density at radius 3 is 2.31 bits per heavy atom. The highest BCUT2D eigenvalue weighted by atomic mass is 35.5. The van der Waals surface area contributed by atoms with Crippen LogP contribution in [0.3, 0.4) is 0 Å². The van der Waals surface area contributed by atoms with Gasteiger partial charge in [-0.2, -0.15) is 0 Å². The third kappa shape index (κ3) is 6.93. The molecule has 2 fully saturated rings. The summed E-state index contributed by atoms with van der Waals surface area (Å²) in [6.07, 6.45) is 3.87. The van der Waals surface area contributed by atoms with Crippen LogP contribution in [0.1, 0.15) is 39.9 Å². The molecule has 39 heavy (non-hydrogen) atoms. The van der Waals surface area contributed by atoms with Crippen molar-refractivity contribution in [1.29, 1.82) is 0 Å². The molecule has 0 saturated carbocycles. The molecule has 1 aromatic heterocycles. The second-order valence-corrected chi connectivity index (χ2v) is 10.9. The number of aromatic nitrogens is 1. The molecular formula is C30H34ClF2N5O. The van der Waals surface area contributed by atoms with E-state index < -0.39 is 11.6 Å². The van der Waals surface area contributed by atoms with E-state index in [1.807, 2.05) is 0 Å². The maximum atomic E-state index is 13.4. The van der Waals surface area contributed by atoms with Crippen LogP contribution in [0, 0.1) is 18.6 Å². The molecule has 206 valence electrons. The highest BCUT2D eigenvalue weighted by Crippen LogP contribution is 2.27. The van der Waals surface area contributed by atoms with Crippen LogP contribution in [0.25, 0.3) is 0 Å². The summed E-state index contributed by atoms with van der Waals surface area (Å²) in [4.78, 5) is 24.4. The minimum Gasteiger partial charge on any atom is -0.353 e. The lowest BCUT2D eigenvalue weighted by molar-refractivity contribution is 0.0950. The van der Waals surface area contributed by atoms with Gasteiger partial charge in [0.2, 0.25) is 0 Å².